The Morgan fingerprint density at radius 1 is 1.43 bits per heavy atom. The maximum atomic E-state index is 12.1. The van der Waals surface area contributed by atoms with E-state index in [4.69, 9.17) is 10.5 Å². The lowest BCUT2D eigenvalue weighted by molar-refractivity contribution is -0.127. The molecule has 0 radical (unpaired) electrons. The molecule has 1 aromatic rings. The van der Waals surface area contributed by atoms with Gasteiger partial charge in [0.05, 0.1) is 5.69 Å². The maximum Gasteiger partial charge on any atom is 0.260 e. The van der Waals surface area contributed by atoms with Gasteiger partial charge < -0.3 is 15.8 Å². The molecule has 2 unspecified atom stereocenters. The van der Waals surface area contributed by atoms with Gasteiger partial charge in [0.15, 0.2) is 6.10 Å². The van der Waals surface area contributed by atoms with E-state index in [1.807, 2.05) is 26.0 Å². The molecule has 5 heteroatoms. The number of pyridine rings is 1. The minimum absolute atomic E-state index is 0.102. The van der Waals surface area contributed by atoms with Crippen LogP contribution in [0.4, 0.5) is 0 Å². The van der Waals surface area contributed by atoms with E-state index in [1.54, 1.807) is 6.92 Å². The molecule has 2 atom stereocenters. The Morgan fingerprint density at radius 3 is 2.76 bits per heavy atom. The Kier molecular flexibility index (Phi) is 7.15. The summed E-state index contributed by atoms with van der Waals surface area (Å²) in [4.78, 5) is 16.5. The summed E-state index contributed by atoms with van der Waals surface area (Å²) in [5, 5.41) is 2.95. The summed E-state index contributed by atoms with van der Waals surface area (Å²) in [5.74, 6) is 0.534. The Bertz CT molecular complexity index is 463. The first-order chi connectivity index (χ1) is 9.97. The van der Waals surface area contributed by atoms with E-state index in [0.717, 1.165) is 24.2 Å². The number of nitrogens with two attached hydrogens (primary N) is 1. The fourth-order valence-electron chi connectivity index (χ4n) is 2.13. The van der Waals surface area contributed by atoms with Crippen LogP contribution >= 0.6 is 0 Å². The Labute approximate surface area is 127 Å². The Balaban J connectivity index is 2.69. The molecule has 0 saturated heterocycles. The molecular weight excluding hydrogens is 266 g/mol. The lowest BCUT2D eigenvalue weighted by atomic mass is 10.2. The van der Waals surface area contributed by atoms with E-state index >= 15 is 0 Å². The van der Waals surface area contributed by atoms with Crippen LogP contribution in [0.5, 0.6) is 5.75 Å². The fraction of sp³-hybridized carbons (Fsp3) is 0.625. The van der Waals surface area contributed by atoms with Crippen molar-refractivity contribution in [1.82, 2.24) is 10.3 Å². The van der Waals surface area contributed by atoms with E-state index in [2.05, 4.69) is 17.2 Å². The van der Waals surface area contributed by atoms with Crippen molar-refractivity contribution >= 4 is 5.91 Å². The molecule has 1 amide bonds. The SMILES string of the molecule is CCCC(C)NC(=O)C(C)Oc1ccc(C)nc1CCN. The van der Waals surface area contributed by atoms with Gasteiger partial charge in [0.1, 0.15) is 5.75 Å². The first-order valence-corrected chi connectivity index (χ1v) is 7.61. The highest BCUT2D eigenvalue weighted by Gasteiger charge is 2.18. The second kappa shape index (κ2) is 8.62. The van der Waals surface area contributed by atoms with Gasteiger partial charge in [-0.05, 0) is 45.9 Å². The normalized spacial score (nSPS) is 13.6. The molecule has 0 aliphatic heterocycles. The monoisotopic (exact) mass is 293 g/mol. The van der Waals surface area contributed by atoms with Gasteiger partial charge in [-0.25, -0.2) is 0 Å². The molecule has 0 spiro atoms. The molecule has 0 aliphatic carbocycles. The summed E-state index contributed by atoms with van der Waals surface area (Å²) >= 11 is 0. The summed E-state index contributed by atoms with van der Waals surface area (Å²) in [5.41, 5.74) is 7.32. The van der Waals surface area contributed by atoms with Gasteiger partial charge in [-0.2, -0.15) is 0 Å². The smallest absolute Gasteiger partial charge is 0.260 e. The first kappa shape index (κ1) is 17.4. The predicted octanol–water partition coefficient (Wildman–Crippen LogP) is 1.96. The van der Waals surface area contributed by atoms with E-state index in [0.29, 0.717) is 18.7 Å². The van der Waals surface area contributed by atoms with Crippen molar-refractivity contribution < 1.29 is 9.53 Å². The summed E-state index contributed by atoms with van der Waals surface area (Å²) in [6.07, 6.45) is 2.09. The topological polar surface area (TPSA) is 77.2 Å². The lowest BCUT2D eigenvalue weighted by Crippen LogP contribution is -2.41. The van der Waals surface area contributed by atoms with Crippen LogP contribution in [0.15, 0.2) is 12.1 Å². The van der Waals surface area contributed by atoms with Crippen molar-refractivity contribution in [3.63, 3.8) is 0 Å². The van der Waals surface area contributed by atoms with Gasteiger partial charge in [0.2, 0.25) is 0 Å². The third-order valence-electron chi connectivity index (χ3n) is 3.24. The standard InChI is InChI=1S/C16H27N3O2/c1-5-6-11(2)19-16(20)13(4)21-15-8-7-12(3)18-14(15)9-10-17/h7-8,11,13H,5-6,9-10,17H2,1-4H3,(H,19,20). The van der Waals surface area contributed by atoms with Gasteiger partial charge in [-0.1, -0.05) is 13.3 Å². The number of hydrogen-bond acceptors (Lipinski definition) is 4. The Hall–Kier alpha value is -1.62. The van der Waals surface area contributed by atoms with Crippen molar-refractivity contribution in [3.8, 4) is 5.75 Å². The number of nitrogens with zero attached hydrogens (tertiary/aromatic N) is 1. The molecule has 1 heterocycles. The highest BCUT2D eigenvalue weighted by Crippen LogP contribution is 2.19. The van der Waals surface area contributed by atoms with Crippen molar-refractivity contribution in [3.05, 3.63) is 23.5 Å². The van der Waals surface area contributed by atoms with Crippen molar-refractivity contribution in [2.45, 2.75) is 59.1 Å². The number of hydrogen-bond donors (Lipinski definition) is 2. The molecular formula is C16H27N3O2. The summed E-state index contributed by atoms with van der Waals surface area (Å²) in [6.45, 7) is 8.27. The van der Waals surface area contributed by atoms with Crippen LogP contribution in [0.1, 0.15) is 45.0 Å². The van der Waals surface area contributed by atoms with Crippen LogP contribution < -0.4 is 15.8 Å². The van der Waals surface area contributed by atoms with Crippen molar-refractivity contribution in [2.75, 3.05) is 6.54 Å². The van der Waals surface area contributed by atoms with Gasteiger partial charge in [0.25, 0.3) is 5.91 Å². The van der Waals surface area contributed by atoms with Gasteiger partial charge >= 0.3 is 0 Å². The number of nitrogens with one attached hydrogen (secondary N) is 1. The molecule has 1 aromatic heterocycles. The second-order valence-electron chi connectivity index (χ2n) is 5.39. The summed E-state index contributed by atoms with van der Waals surface area (Å²) in [6, 6.07) is 3.89. The molecule has 0 fully saturated rings. The van der Waals surface area contributed by atoms with Crippen molar-refractivity contribution in [2.24, 2.45) is 5.73 Å². The highest BCUT2D eigenvalue weighted by molar-refractivity contribution is 5.81. The van der Waals surface area contributed by atoms with E-state index in [1.165, 1.54) is 0 Å². The number of aromatic nitrogens is 1. The third-order valence-corrected chi connectivity index (χ3v) is 3.24. The molecule has 118 valence electrons. The number of ether oxygens (including phenoxy) is 1. The average molecular weight is 293 g/mol. The van der Waals surface area contributed by atoms with Crippen LogP contribution in [0.25, 0.3) is 0 Å². The number of amides is 1. The molecule has 21 heavy (non-hydrogen) atoms. The molecule has 1 rings (SSSR count). The predicted molar refractivity (Wildman–Crippen MR) is 84.3 cm³/mol. The zero-order valence-corrected chi connectivity index (χ0v) is 13.5. The van der Waals surface area contributed by atoms with E-state index in [-0.39, 0.29) is 11.9 Å². The van der Waals surface area contributed by atoms with Gasteiger partial charge in [0, 0.05) is 18.2 Å². The van der Waals surface area contributed by atoms with E-state index in [9.17, 15) is 4.79 Å². The van der Waals surface area contributed by atoms with Gasteiger partial charge in [-0.15, -0.1) is 0 Å². The largest absolute Gasteiger partial charge is 0.479 e. The van der Waals surface area contributed by atoms with Crippen LogP contribution in [0.2, 0.25) is 0 Å². The first-order valence-electron chi connectivity index (χ1n) is 7.61. The number of carbonyl (C=O) groups excluding carboxylic acids is 1. The Morgan fingerprint density at radius 2 is 2.14 bits per heavy atom. The minimum Gasteiger partial charge on any atom is -0.479 e. The molecule has 0 bridgehead atoms. The number of carbonyl (C=O) groups is 1. The van der Waals surface area contributed by atoms with Crippen LogP contribution in [-0.4, -0.2) is 29.6 Å². The summed E-state index contributed by atoms with van der Waals surface area (Å²) < 4.78 is 5.76. The van der Waals surface area contributed by atoms with Crippen LogP contribution in [0.3, 0.4) is 0 Å². The van der Waals surface area contributed by atoms with Crippen molar-refractivity contribution in [1.29, 1.82) is 0 Å². The molecule has 0 saturated carbocycles. The lowest BCUT2D eigenvalue weighted by Gasteiger charge is -2.19. The maximum absolute atomic E-state index is 12.1. The number of rotatable bonds is 8. The van der Waals surface area contributed by atoms with Gasteiger partial charge in [-0.3, -0.25) is 9.78 Å². The average Bonchev–Trinajstić information content (AvgIpc) is 2.42. The number of aryl methyl sites for hydroxylation is 1. The fourth-order valence-corrected chi connectivity index (χ4v) is 2.13. The zero-order chi connectivity index (χ0) is 15.8. The summed E-state index contributed by atoms with van der Waals surface area (Å²) in [7, 11) is 0. The minimum atomic E-state index is -0.551. The third kappa shape index (κ3) is 5.71. The van der Waals surface area contributed by atoms with Crippen LogP contribution in [0, 0.1) is 6.92 Å². The molecule has 5 nitrogen and oxygen atoms in total. The highest BCUT2D eigenvalue weighted by atomic mass is 16.5. The molecule has 0 aromatic carbocycles. The molecule has 0 aliphatic rings. The quantitative estimate of drug-likeness (QED) is 0.768. The second-order valence-corrected chi connectivity index (χ2v) is 5.39. The van der Waals surface area contributed by atoms with E-state index < -0.39 is 6.10 Å². The zero-order valence-electron chi connectivity index (χ0n) is 13.5. The molecule has 3 N–H and O–H groups in total. The van der Waals surface area contributed by atoms with Crippen LogP contribution in [-0.2, 0) is 11.2 Å².